The van der Waals surface area contributed by atoms with Gasteiger partial charge in [0.15, 0.2) is 5.60 Å². The van der Waals surface area contributed by atoms with Gasteiger partial charge in [-0.2, -0.15) is 5.10 Å². The van der Waals surface area contributed by atoms with Crippen LogP contribution >= 0.6 is 11.6 Å². The summed E-state index contributed by atoms with van der Waals surface area (Å²) < 4.78 is 7.15. The number of amides is 1. The van der Waals surface area contributed by atoms with Gasteiger partial charge in [-0.05, 0) is 57.0 Å². The topological polar surface area (TPSA) is 73.2 Å². The van der Waals surface area contributed by atoms with Crippen LogP contribution in [0.1, 0.15) is 38.3 Å². The van der Waals surface area contributed by atoms with Crippen LogP contribution in [0.15, 0.2) is 41.2 Å². The Morgan fingerprint density at radius 1 is 1.27 bits per heavy atom. The molecule has 1 fully saturated rings. The number of halogens is 1. The average molecular weight is 376 g/mol. The number of aromatic nitrogens is 2. The first kappa shape index (κ1) is 18.5. The number of hydrogen-bond donors (Lipinski definition) is 1. The molecule has 1 aromatic heterocycles. The maximum Gasteiger partial charge on any atom is 0.266 e. The molecule has 0 bridgehead atoms. The summed E-state index contributed by atoms with van der Waals surface area (Å²) in [6.07, 6.45) is 2.25. The minimum atomic E-state index is -1.05. The molecule has 1 amide bonds. The second kappa shape index (κ2) is 7.50. The maximum absolute atomic E-state index is 12.4. The fraction of sp³-hybridized carbons (Fsp3) is 0.421. The Bertz CT molecular complexity index is 842. The summed E-state index contributed by atoms with van der Waals surface area (Å²) in [6, 6.07) is 10.2. The summed E-state index contributed by atoms with van der Waals surface area (Å²) >= 11 is 5.85. The first-order valence-corrected chi connectivity index (χ1v) is 9.04. The van der Waals surface area contributed by atoms with E-state index in [1.807, 2.05) is 0 Å². The lowest BCUT2D eigenvalue weighted by atomic mass is 10.1. The Morgan fingerprint density at radius 2 is 1.96 bits per heavy atom. The molecule has 1 aliphatic carbocycles. The van der Waals surface area contributed by atoms with Crippen LogP contribution in [0.4, 0.5) is 0 Å². The third-order valence-electron chi connectivity index (χ3n) is 4.23. The highest BCUT2D eigenvalue weighted by atomic mass is 35.5. The summed E-state index contributed by atoms with van der Waals surface area (Å²) in [5.41, 5.74) is -0.273. The van der Waals surface area contributed by atoms with Crippen molar-refractivity contribution in [3.05, 3.63) is 57.5 Å². The minimum Gasteiger partial charge on any atom is -0.478 e. The Morgan fingerprint density at radius 3 is 2.62 bits per heavy atom. The van der Waals surface area contributed by atoms with Crippen LogP contribution in [0.3, 0.4) is 0 Å². The number of hydrogen-bond acceptors (Lipinski definition) is 4. The van der Waals surface area contributed by atoms with E-state index in [2.05, 4.69) is 10.4 Å². The van der Waals surface area contributed by atoms with Crippen molar-refractivity contribution in [1.29, 1.82) is 0 Å². The van der Waals surface area contributed by atoms with Gasteiger partial charge in [0.2, 0.25) is 0 Å². The number of carbonyl (C=O) groups is 1. The van der Waals surface area contributed by atoms with E-state index >= 15 is 0 Å². The first-order valence-electron chi connectivity index (χ1n) is 8.66. The third kappa shape index (κ3) is 4.64. The molecular weight excluding hydrogens is 354 g/mol. The predicted octanol–water partition coefficient (Wildman–Crippen LogP) is 2.75. The van der Waals surface area contributed by atoms with Gasteiger partial charge < -0.3 is 10.1 Å². The number of benzene rings is 1. The smallest absolute Gasteiger partial charge is 0.266 e. The highest BCUT2D eigenvalue weighted by Crippen LogP contribution is 2.38. The van der Waals surface area contributed by atoms with Crippen LogP contribution in [-0.2, 0) is 11.3 Å². The molecule has 0 atom stereocenters. The molecule has 0 saturated heterocycles. The molecule has 3 rings (SSSR count). The molecule has 1 aromatic carbocycles. The SMILES string of the molecule is CC(C)(Oc1ccc(Cl)cc1)C(=O)NCCn1nc(C2CC2)ccc1=O. The number of nitrogens with one attached hydrogen (secondary N) is 1. The van der Waals surface area contributed by atoms with Gasteiger partial charge in [-0.15, -0.1) is 0 Å². The number of carbonyl (C=O) groups excluding carboxylic acids is 1. The van der Waals surface area contributed by atoms with Crippen molar-refractivity contribution in [1.82, 2.24) is 15.1 Å². The zero-order valence-corrected chi connectivity index (χ0v) is 15.6. The van der Waals surface area contributed by atoms with Crippen molar-refractivity contribution in [2.45, 2.75) is 44.8 Å². The van der Waals surface area contributed by atoms with Gasteiger partial charge in [0.05, 0.1) is 12.2 Å². The standard InChI is InChI=1S/C19H22ClN3O3/c1-19(2,26-15-7-5-14(20)6-8-15)18(25)21-11-12-23-17(24)10-9-16(22-23)13-3-4-13/h5-10,13H,3-4,11-12H2,1-2H3,(H,21,25). The average Bonchev–Trinajstić information content (AvgIpc) is 3.43. The molecule has 0 aliphatic heterocycles. The Balaban J connectivity index is 1.55. The van der Waals surface area contributed by atoms with Crippen LogP contribution in [0.5, 0.6) is 5.75 Å². The second-order valence-corrected chi connectivity index (χ2v) is 7.35. The molecule has 1 N–H and O–H groups in total. The van der Waals surface area contributed by atoms with E-state index in [1.165, 1.54) is 10.7 Å². The highest BCUT2D eigenvalue weighted by molar-refractivity contribution is 6.30. The van der Waals surface area contributed by atoms with Gasteiger partial charge in [0.1, 0.15) is 5.75 Å². The zero-order chi connectivity index (χ0) is 18.7. The summed E-state index contributed by atoms with van der Waals surface area (Å²) in [6.45, 7) is 4.00. The number of rotatable bonds is 7. The Kier molecular flexibility index (Phi) is 5.32. The molecule has 26 heavy (non-hydrogen) atoms. The van der Waals surface area contributed by atoms with Gasteiger partial charge in [-0.1, -0.05) is 11.6 Å². The van der Waals surface area contributed by atoms with Crippen LogP contribution in [0.2, 0.25) is 5.02 Å². The van der Waals surface area contributed by atoms with E-state index in [0.29, 0.717) is 29.8 Å². The molecule has 0 unspecified atom stereocenters. The summed E-state index contributed by atoms with van der Waals surface area (Å²) in [5, 5.41) is 7.79. The lowest BCUT2D eigenvalue weighted by Gasteiger charge is -2.25. The number of nitrogens with zero attached hydrogens (tertiary/aromatic N) is 2. The second-order valence-electron chi connectivity index (χ2n) is 6.92. The van der Waals surface area contributed by atoms with Crippen molar-refractivity contribution in [3.63, 3.8) is 0 Å². The highest BCUT2D eigenvalue weighted by Gasteiger charge is 2.30. The van der Waals surface area contributed by atoms with Crippen molar-refractivity contribution in [3.8, 4) is 5.75 Å². The van der Waals surface area contributed by atoms with Gasteiger partial charge in [-0.3, -0.25) is 9.59 Å². The van der Waals surface area contributed by atoms with E-state index < -0.39 is 5.60 Å². The molecule has 1 heterocycles. The van der Waals surface area contributed by atoms with Crippen molar-refractivity contribution in [2.24, 2.45) is 0 Å². The molecule has 2 aromatic rings. The van der Waals surface area contributed by atoms with Crippen molar-refractivity contribution >= 4 is 17.5 Å². The summed E-state index contributed by atoms with van der Waals surface area (Å²) in [7, 11) is 0. The summed E-state index contributed by atoms with van der Waals surface area (Å²) in [5.74, 6) is 0.770. The van der Waals surface area contributed by atoms with Gasteiger partial charge in [0, 0.05) is 23.6 Å². The van der Waals surface area contributed by atoms with Crippen LogP contribution in [0, 0.1) is 0 Å². The molecule has 1 aliphatic rings. The predicted molar refractivity (Wildman–Crippen MR) is 99.6 cm³/mol. The number of ether oxygens (including phenoxy) is 1. The van der Waals surface area contributed by atoms with E-state index in [0.717, 1.165) is 18.5 Å². The maximum atomic E-state index is 12.4. The summed E-state index contributed by atoms with van der Waals surface area (Å²) in [4.78, 5) is 24.3. The van der Waals surface area contributed by atoms with Crippen LogP contribution < -0.4 is 15.6 Å². The molecule has 0 radical (unpaired) electrons. The molecule has 6 nitrogen and oxygen atoms in total. The van der Waals surface area contributed by atoms with E-state index in [-0.39, 0.29) is 11.5 Å². The largest absolute Gasteiger partial charge is 0.478 e. The van der Waals surface area contributed by atoms with Crippen molar-refractivity contribution < 1.29 is 9.53 Å². The van der Waals surface area contributed by atoms with Gasteiger partial charge >= 0.3 is 0 Å². The minimum absolute atomic E-state index is 0.166. The lowest BCUT2D eigenvalue weighted by molar-refractivity contribution is -0.134. The van der Waals surface area contributed by atoms with Gasteiger partial charge in [-0.25, -0.2) is 4.68 Å². The first-order chi connectivity index (χ1) is 12.3. The monoisotopic (exact) mass is 375 g/mol. The molecule has 1 saturated carbocycles. The van der Waals surface area contributed by atoms with Crippen molar-refractivity contribution in [2.75, 3.05) is 6.54 Å². The van der Waals surface area contributed by atoms with E-state index in [9.17, 15) is 9.59 Å². The van der Waals surface area contributed by atoms with E-state index in [4.69, 9.17) is 16.3 Å². The zero-order valence-electron chi connectivity index (χ0n) is 14.9. The normalized spacial score (nSPS) is 14.1. The molecule has 7 heteroatoms. The van der Waals surface area contributed by atoms with Gasteiger partial charge in [0.25, 0.3) is 11.5 Å². The third-order valence-corrected chi connectivity index (χ3v) is 4.48. The fourth-order valence-electron chi connectivity index (χ4n) is 2.55. The Hall–Kier alpha value is -2.34. The van der Waals surface area contributed by atoms with Crippen LogP contribution in [-0.4, -0.2) is 27.8 Å². The molecular formula is C19H22ClN3O3. The quantitative estimate of drug-likeness (QED) is 0.807. The fourth-order valence-corrected chi connectivity index (χ4v) is 2.68. The van der Waals surface area contributed by atoms with Crippen LogP contribution in [0.25, 0.3) is 0 Å². The van der Waals surface area contributed by atoms with E-state index in [1.54, 1.807) is 44.2 Å². The molecule has 138 valence electrons. The molecule has 0 spiro atoms. The lowest BCUT2D eigenvalue weighted by Crippen LogP contribution is -2.47. The Labute approximate surface area is 157 Å².